The number of rotatable bonds is 8. The van der Waals surface area contributed by atoms with Crippen molar-refractivity contribution in [2.45, 2.75) is 44.4 Å². The summed E-state index contributed by atoms with van der Waals surface area (Å²) in [5.41, 5.74) is 3.54. The minimum Gasteiger partial charge on any atom is -0.335 e. The zero-order valence-corrected chi connectivity index (χ0v) is 22.0. The quantitative estimate of drug-likeness (QED) is 0.134. The van der Waals surface area contributed by atoms with E-state index in [1.165, 1.54) is 40.6 Å². The van der Waals surface area contributed by atoms with Crippen LogP contribution in [0.5, 0.6) is 0 Å². The van der Waals surface area contributed by atoms with E-state index in [0.29, 0.717) is 16.7 Å². The molecule has 0 saturated heterocycles. The van der Waals surface area contributed by atoms with Crippen molar-refractivity contribution >= 4 is 33.8 Å². The van der Waals surface area contributed by atoms with Crippen LogP contribution in [0.25, 0.3) is 21.2 Å². The van der Waals surface area contributed by atoms with Gasteiger partial charge in [0, 0.05) is 17.0 Å². The molecule has 0 atom stereocenters. The van der Waals surface area contributed by atoms with Crippen LogP contribution in [0.2, 0.25) is 0 Å². The Balaban J connectivity index is 1.77. The van der Waals surface area contributed by atoms with Gasteiger partial charge in [-0.1, -0.05) is 92.0 Å². The fraction of sp³-hybridized carbons (Fsp3) is 0.219. The average molecular weight is 501 g/mol. The Bertz CT molecular complexity index is 1510. The van der Waals surface area contributed by atoms with Crippen LogP contribution in [0.4, 0.5) is 5.69 Å². The summed E-state index contributed by atoms with van der Waals surface area (Å²) in [6.45, 7) is 12.6. The van der Waals surface area contributed by atoms with Crippen molar-refractivity contribution in [2.75, 3.05) is 11.4 Å². The van der Waals surface area contributed by atoms with Crippen molar-refractivity contribution in [2.24, 2.45) is 0 Å². The van der Waals surface area contributed by atoms with Crippen molar-refractivity contribution in [3.05, 3.63) is 112 Å². The van der Waals surface area contributed by atoms with Crippen LogP contribution in [0.15, 0.2) is 94.0 Å². The molecule has 1 aliphatic rings. The van der Waals surface area contributed by atoms with Crippen LogP contribution in [-0.2, 0) is 0 Å². The van der Waals surface area contributed by atoms with Gasteiger partial charge in [0.25, 0.3) is 5.70 Å². The van der Waals surface area contributed by atoms with E-state index in [9.17, 15) is 10.5 Å². The van der Waals surface area contributed by atoms with Crippen molar-refractivity contribution < 1.29 is 0 Å². The lowest BCUT2D eigenvalue weighted by Crippen LogP contribution is -2.19. The number of nitriles is 2. The molecule has 3 aromatic rings. The molecule has 0 radical (unpaired) electrons. The molecule has 1 aliphatic heterocycles. The Morgan fingerprint density at radius 3 is 2.38 bits per heavy atom. The zero-order valence-electron chi connectivity index (χ0n) is 21.2. The molecule has 4 rings (SSSR count). The van der Waals surface area contributed by atoms with E-state index in [0.717, 1.165) is 23.6 Å². The third-order valence-electron chi connectivity index (χ3n) is 6.41. The molecule has 0 aromatic heterocycles. The van der Waals surface area contributed by atoms with Crippen molar-refractivity contribution in [3.63, 3.8) is 0 Å². The van der Waals surface area contributed by atoms with Gasteiger partial charge in [0.05, 0.1) is 35.0 Å². The van der Waals surface area contributed by atoms with Gasteiger partial charge >= 0.3 is 0 Å². The lowest BCUT2D eigenvalue weighted by Gasteiger charge is -2.20. The first-order chi connectivity index (χ1) is 18.1. The summed E-state index contributed by atoms with van der Waals surface area (Å²) in [6, 6.07) is 24.7. The normalized spacial score (nSPS) is 14.6. The largest absolute Gasteiger partial charge is 0.335 e. The number of benzene rings is 3. The molecule has 0 spiro atoms. The van der Waals surface area contributed by atoms with E-state index < -0.39 is 0 Å². The first-order valence-corrected chi connectivity index (χ1v) is 13.3. The summed E-state index contributed by atoms with van der Waals surface area (Å²) in [6.07, 6.45) is 8.36. The molecule has 0 fully saturated rings. The van der Waals surface area contributed by atoms with Gasteiger partial charge in [-0.25, -0.2) is 10.1 Å². The number of allylic oxidation sites excluding steroid dienone is 5. The lowest BCUT2D eigenvalue weighted by molar-refractivity contribution is 0.666. The highest BCUT2D eigenvalue weighted by Crippen LogP contribution is 2.48. The molecule has 0 amide bonds. The summed E-state index contributed by atoms with van der Waals surface area (Å²) < 4.78 is 0. The first-order valence-electron chi connectivity index (χ1n) is 12.5. The molecule has 3 aromatic carbocycles. The standard InChI is InChI=1S/C32H28N4S/c1-4-5-6-9-18-36-29-19-25-10-7-8-11-26(25)20-30(29)37-31(36)17-16-27(21-33)32(28(22-34)35-3)24-14-12-23(2)13-15-24/h7-8,10-17,19-20H,4-6,9,18H2,1-2H3/b27-16?,31-17?,32-28-. The highest BCUT2D eigenvalue weighted by Gasteiger charge is 2.25. The second-order valence-corrected chi connectivity index (χ2v) is 10.1. The fourth-order valence-corrected chi connectivity index (χ4v) is 5.57. The third kappa shape index (κ3) is 5.78. The number of hydrogen-bond acceptors (Lipinski definition) is 4. The maximum atomic E-state index is 10.1. The van der Waals surface area contributed by atoms with E-state index in [1.54, 1.807) is 17.8 Å². The summed E-state index contributed by atoms with van der Waals surface area (Å²) in [7, 11) is 0. The molecular formula is C32H28N4S. The van der Waals surface area contributed by atoms with Crippen molar-refractivity contribution in [1.82, 2.24) is 0 Å². The molecule has 4 nitrogen and oxygen atoms in total. The monoisotopic (exact) mass is 500 g/mol. The molecule has 0 bridgehead atoms. The molecule has 0 unspecified atom stereocenters. The highest BCUT2D eigenvalue weighted by atomic mass is 32.2. The van der Waals surface area contributed by atoms with Crippen LogP contribution >= 0.6 is 11.8 Å². The van der Waals surface area contributed by atoms with E-state index >= 15 is 0 Å². The summed E-state index contributed by atoms with van der Waals surface area (Å²) >= 11 is 1.70. The van der Waals surface area contributed by atoms with Crippen LogP contribution in [0.3, 0.4) is 0 Å². The predicted octanol–water partition coefficient (Wildman–Crippen LogP) is 8.79. The van der Waals surface area contributed by atoms with Gasteiger partial charge in [0.15, 0.2) is 0 Å². The Hall–Kier alpha value is -4.24. The Morgan fingerprint density at radius 2 is 1.73 bits per heavy atom. The molecule has 0 N–H and O–H groups in total. The van der Waals surface area contributed by atoms with Gasteiger partial charge in [-0.15, -0.1) is 0 Å². The minimum absolute atomic E-state index is 0.0833. The highest BCUT2D eigenvalue weighted by molar-refractivity contribution is 8.03. The van der Waals surface area contributed by atoms with Gasteiger partial charge in [0.1, 0.15) is 0 Å². The lowest BCUT2D eigenvalue weighted by atomic mass is 9.95. The van der Waals surface area contributed by atoms with Crippen LogP contribution < -0.4 is 4.90 Å². The number of thioether (sulfide) groups is 1. The predicted molar refractivity (Wildman–Crippen MR) is 153 cm³/mol. The zero-order chi connectivity index (χ0) is 26.2. The van der Waals surface area contributed by atoms with Crippen molar-refractivity contribution in [1.29, 1.82) is 10.5 Å². The van der Waals surface area contributed by atoms with Crippen LogP contribution in [0.1, 0.15) is 43.7 Å². The second kappa shape index (κ2) is 12.1. The molecule has 37 heavy (non-hydrogen) atoms. The molecular weight excluding hydrogens is 472 g/mol. The van der Waals surface area contributed by atoms with Crippen molar-refractivity contribution in [3.8, 4) is 12.1 Å². The van der Waals surface area contributed by atoms with Gasteiger partial charge < -0.3 is 4.90 Å². The molecule has 0 saturated carbocycles. The SMILES string of the molecule is [C-]#[N+]/C(C#N)=C(\C(C#N)=CC=C1Sc2cc3ccccc3cc2N1CCCCCC)c1ccc(C)cc1. The topological polar surface area (TPSA) is 55.2 Å². The van der Waals surface area contributed by atoms with Crippen LogP contribution in [0, 0.1) is 36.2 Å². The smallest absolute Gasteiger partial charge is 0.270 e. The second-order valence-electron chi connectivity index (χ2n) is 8.99. The number of nitrogens with zero attached hydrogens (tertiary/aromatic N) is 4. The number of unbranched alkanes of at least 4 members (excludes halogenated alkanes) is 3. The van der Waals surface area contributed by atoms with Gasteiger partial charge in [-0.3, -0.25) is 0 Å². The number of aryl methyl sites for hydroxylation is 1. The minimum atomic E-state index is -0.0833. The van der Waals surface area contributed by atoms with Gasteiger partial charge in [0.2, 0.25) is 0 Å². The van der Waals surface area contributed by atoms with E-state index in [-0.39, 0.29) is 5.70 Å². The number of fused-ring (bicyclic) bond motifs is 2. The molecule has 0 aliphatic carbocycles. The number of hydrogen-bond donors (Lipinski definition) is 0. The van der Waals surface area contributed by atoms with E-state index in [4.69, 9.17) is 6.57 Å². The number of anilines is 1. The van der Waals surface area contributed by atoms with E-state index in [2.05, 4.69) is 59.1 Å². The average Bonchev–Trinajstić information content (AvgIpc) is 3.26. The Labute approximate surface area is 223 Å². The molecule has 1 heterocycles. The fourth-order valence-electron chi connectivity index (χ4n) is 4.45. The third-order valence-corrected chi connectivity index (χ3v) is 7.52. The first kappa shape index (κ1) is 25.8. The maximum absolute atomic E-state index is 10.1. The maximum Gasteiger partial charge on any atom is 0.270 e. The molecule has 182 valence electrons. The Morgan fingerprint density at radius 1 is 1.00 bits per heavy atom. The summed E-state index contributed by atoms with van der Waals surface area (Å²) in [4.78, 5) is 6.96. The Kier molecular flexibility index (Phi) is 8.48. The molecule has 5 heteroatoms. The van der Waals surface area contributed by atoms with Gasteiger partial charge in [-0.2, -0.15) is 5.26 Å². The van der Waals surface area contributed by atoms with E-state index in [1.807, 2.05) is 43.3 Å². The summed E-state index contributed by atoms with van der Waals surface area (Å²) in [5.74, 6) is 0. The summed E-state index contributed by atoms with van der Waals surface area (Å²) in [5, 5.41) is 23.2. The van der Waals surface area contributed by atoms with Crippen LogP contribution in [-0.4, -0.2) is 6.54 Å². The van der Waals surface area contributed by atoms with Gasteiger partial charge in [-0.05, 0) is 54.0 Å².